The molecule has 3 N–H and O–H groups in total. The number of pyridine rings is 1. The first-order chi connectivity index (χ1) is 10.7. The normalized spacial score (nSPS) is 10.5. The lowest BCUT2D eigenvalue weighted by Gasteiger charge is -2.07. The summed E-state index contributed by atoms with van der Waals surface area (Å²) >= 11 is 2.22. The van der Waals surface area contributed by atoms with Gasteiger partial charge in [-0.1, -0.05) is 6.07 Å². The molecule has 2 heterocycles. The summed E-state index contributed by atoms with van der Waals surface area (Å²) in [6.45, 7) is 0. The van der Waals surface area contributed by atoms with Crippen molar-refractivity contribution >= 4 is 40.2 Å². The van der Waals surface area contributed by atoms with E-state index in [1.807, 2.05) is 36.4 Å². The van der Waals surface area contributed by atoms with Crippen LogP contribution in [-0.4, -0.2) is 26.9 Å². The minimum atomic E-state index is 0.263. The molecule has 0 radical (unpaired) electrons. The minimum Gasteiger partial charge on any atom is -0.497 e. The number of methoxy groups -OCH3 is 1. The predicted octanol–water partition coefficient (Wildman–Crippen LogP) is 2.60. The monoisotopic (exact) mass is 408 g/mol. The van der Waals surface area contributed by atoms with Crippen molar-refractivity contribution in [1.82, 2.24) is 19.7 Å². The Morgan fingerprint density at radius 2 is 2.14 bits per heavy atom. The number of nitrogens with one attached hydrogen (secondary N) is 1. The van der Waals surface area contributed by atoms with E-state index >= 15 is 0 Å². The van der Waals surface area contributed by atoms with Crippen LogP contribution < -0.4 is 15.8 Å². The SMILES string of the molecule is COc1ccc(I)c(Nc2nc(N)n(-c3ccccn3)n2)c1. The van der Waals surface area contributed by atoms with Gasteiger partial charge in [-0.15, -0.1) is 5.10 Å². The molecule has 0 aliphatic carbocycles. The van der Waals surface area contributed by atoms with Gasteiger partial charge in [-0.25, -0.2) is 4.98 Å². The van der Waals surface area contributed by atoms with Crippen molar-refractivity contribution in [2.45, 2.75) is 0 Å². The molecule has 0 atom stereocenters. The number of nitrogens with two attached hydrogens (primary N) is 1. The molecule has 0 fully saturated rings. The number of hydrogen-bond acceptors (Lipinski definition) is 6. The number of hydrogen-bond donors (Lipinski definition) is 2. The molecule has 0 saturated heterocycles. The quantitative estimate of drug-likeness (QED) is 0.645. The van der Waals surface area contributed by atoms with E-state index in [1.165, 1.54) is 4.68 Å². The summed E-state index contributed by atoms with van der Waals surface area (Å²) in [5, 5.41) is 7.47. The van der Waals surface area contributed by atoms with Gasteiger partial charge in [0.15, 0.2) is 5.82 Å². The van der Waals surface area contributed by atoms with Gasteiger partial charge >= 0.3 is 0 Å². The number of benzene rings is 1. The number of nitrogen functional groups attached to an aromatic ring is 1. The lowest BCUT2D eigenvalue weighted by atomic mass is 10.3. The number of nitrogens with zero attached hydrogens (tertiary/aromatic N) is 4. The maximum absolute atomic E-state index is 5.90. The van der Waals surface area contributed by atoms with E-state index in [0.717, 1.165) is 15.0 Å². The van der Waals surface area contributed by atoms with E-state index in [4.69, 9.17) is 10.5 Å². The van der Waals surface area contributed by atoms with Gasteiger partial charge in [0.2, 0.25) is 11.9 Å². The Hall–Kier alpha value is -2.36. The second-order valence-corrected chi connectivity index (χ2v) is 5.53. The molecule has 0 aliphatic heterocycles. The first-order valence-electron chi connectivity index (χ1n) is 6.42. The summed E-state index contributed by atoms with van der Waals surface area (Å²) in [7, 11) is 1.62. The zero-order chi connectivity index (χ0) is 15.5. The second kappa shape index (κ2) is 6.18. The Kier molecular flexibility index (Phi) is 4.09. The Balaban J connectivity index is 1.91. The third-order valence-corrected chi connectivity index (χ3v) is 3.86. The van der Waals surface area contributed by atoms with Crippen LogP contribution in [-0.2, 0) is 0 Å². The topological polar surface area (TPSA) is 90.9 Å². The van der Waals surface area contributed by atoms with Gasteiger partial charge < -0.3 is 15.8 Å². The predicted molar refractivity (Wildman–Crippen MR) is 92.6 cm³/mol. The van der Waals surface area contributed by atoms with Crippen molar-refractivity contribution in [3.8, 4) is 11.6 Å². The molecule has 0 spiro atoms. The largest absolute Gasteiger partial charge is 0.497 e. The number of rotatable bonds is 4. The molecule has 1 aromatic carbocycles. The first-order valence-corrected chi connectivity index (χ1v) is 7.50. The molecule has 0 amide bonds. The fraction of sp³-hybridized carbons (Fsp3) is 0.0714. The van der Waals surface area contributed by atoms with Crippen LogP contribution in [0, 0.1) is 3.57 Å². The van der Waals surface area contributed by atoms with Gasteiger partial charge in [0, 0.05) is 15.8 Å². The molecule has 7 nitrogen and oxygen atoms in total. The highest BCUT2D eigenvalue weighted by Crippen LogP contribution is 2.26. The third kappa shape index (κ3) is 2.96. The Morgan fingerprint density at radius 3 is 2.86 bits per heavy atom. The molecule has 22 heavy (non-hydrogen) atoms. The standard InChI is InChI=1S/C14H13IN6O/c1-22-9-5-6-10(15)11(8-9)18-14-19-13(16)21(20-14)12-4-2-3-7-17-12/h2-8H,1H3,(H3,16,18,19,20). The van der Waals surface area contributed by atoms with Crippen LogP contribution in [0.5, 0.6) is 5.75 Å². The Labute approximate surface area is 140 Å². The second-order valence-electron chi connectivity index (χ2n) is 4.36. The molecular formula is C14H13IN6O. The van der Waals surface area contributed by atoms with Crippen LogP contribution in [0.25, 0.3) is 5.82 Å². The smallest absolute Gasteiger partial charge is 0.248 e. The number of ether oxygens (including phenoxy) is 1. The maximum atomic E-state index is 5.90. The number of halogens is 1. The van der Waals surface area contributed by atoms with Crippen molar-refractivity contribution in [2.75, 3.05) is 18.2 Å². The lowest BCUT2D eigenvalue weighted by molar-refractivity contribution is 0.415. The number of aromatic nitrogens is 4. The maximum Gasteiger partial charge on any atom is 0.248 e. The first kappa shape index (κ1) is 14.6. The van der Waals surface area contributed by atoms with Gasteiger partial charge in [0.05, 0.1) is 12.8 Å². The molecule has 0 bridgehead atoms. The summed E-state index contributed by atoms with van der Waals surface area (Å²) < 4.78 is 7.72. The van der Waals surface area contributed by atoms with E-state index in [1.54, 1.807) is 13.3 Å². The van der Waals surface area contributed by atoms with Crippen molar-refractivity contribution < 1.29 is 4.74 Å². The van der Waals surface area contributed by atoms with Crippen LogP contribution in [0.4, 0.5) is 17.6 Å². The lowest BCUT2D eigenvalue weighted by Crippen LogP contribution is -2.04. The zero-order valence-electron chi connectivity index (χ0n) is 11.7. The molecule has 112 valence electrons. The highest BCUT2D eigenvalue weighted by atomic mass is 127. The van der Waals surface area contributed by atoms with E-state index in [0.29, 0.717) is 11.8 Å². The van der Waals surface area contributed by atoms with Crippen molar-refractivity contribution in [3.63, 3.8) is 0 Å². The fourth-order valence-corrected chi connectivity index (χ4v) is 2.34. The van der Waals surface area contributed by atoms with Crippen LogP contribution >= 0.6 is 22.6 Å². The van der Waals surface area contributed by atoms with Crippen LogP contribution in [0.1, 0.15) is 0 Å². The highest BCUT2D eigenvalue weighted by Gasteiger charge is 2.11. The minimum absolute atomic E-state index is 0.263. The van der Waals surface area contributed by atoms with Crippen molar-refractivity contribution in [3.05, 3.63) is 46.2 Å². The van der Waals surface area contributed by atoms with Gasteiger partial charge in [-0.2, -0.15) is 9.67 Å². The van der Waals surface area contributed by atoms with Gasteiger partial charge in [0.25, 0.3) is 0 Å². The van der Waals surface area contributed by atoms with E-state index in [-0.39, 0.29) is 5.95 Å². The molecule has 0 unspecified atom stereocenters. The summed E-state index contributed by atoms with van der Waals surface area (Å²) in [5.74, 6) is 2.02. The van der Waals surface area contributed by atoms with Gasteiger partial charge in [-0.05, 0) is 46.9 Å². The summed E-state index contributed by atoms with van der Waals surface area (Å²) in [6.07, 6.45) is 1.68. The summed E-state index contributed by atoms with van der Waals surface area (Å²) in [6, 6.07) is 11.2. The fourth-order valence-electron chi connectivity index (χ4n) is 1.87. The molecule has 0 saturated carbocycles. The van der Waals surface area contributed by atoms with Crippen LogP contribution in [0.2, 0.25) is 0 Å². The van der Waals surface area contributed by atoms with Crippen molar-refractivity contribution in [1.29, 1.82) is 0 Å². The molecule has 8 heteroatoms. The van der Waals surface area contributed by atoms with Crippen LogP contribution in [0.15, 0.2) is 42.6 Å². The van der Waals surface area contributed by atoms with E-state index in [9.17, 15) is 0 Å². The summed E-state index contributed by atoms with van der Waals surface area (Å²) in [4.78, 5) is 8.42. The average Bonchev–Trinajstić information content (AvgIpc) is 2.91. The zero-order valence-corrected chi connectivity index (χ0v) is 13.9. The van der Waals surface area contributed by atoms with Gasteiger partial charge in [0.1, 0.15) is 5.75 Å². The average molecular weight is 408 g/mol. The van der Waals surface area contributed by atoms with Crippen LogP contribution in [0.3, 0.4) is 0 Å². The molecule has 3 rings (SSSR count). The third-order valence-electron chi connectivity index (χ3n) is 2.92. The summed E-state index contributed by atoms with van der Waals surface area (Å²) in [5.41, 5.74) is 6.75. The van der Waals surface area contributed by atoms with Gasteiger partial charge in [-0.3, -0.25) is 0 Å². The van der Waals surface area contributed by atoms with E-state index < -0.39 is 0 Å². The molecule has 3 aromatic rings. The Morgan fingerprint density at radius 1 is 1.27 bits per heavy atom. The van der Waals surface area contributed by atoms with E-state index in [2.05, 4.69) is 43.0 Å². The Bertz CT molecular complexity index is 789. The molecular weight excluding hydrogens is 395 g/mol. The van der Waals surface area contributed by atoms with Crippen molar-refractivity contribution in [2.24, 2.45) is 0 Å². The number of anilines is 3. The molecule has 2 aromatic heterocycles. The highest BCUT2D eigenvalue weighted by molar-refractivity contribution is 14.1. The molecule has 0 aliphatic rings.